The number of hydrogen-bond donors (Lipinski definition) is 2. The van der Waals surface area contributed by atoms with Gasteiger partial charge < -0.3 is 15.3 Å². The van der Waals surface area contributed by atoms with Crippen molar-refractivity contribution in [3.8, 4) is 0 Å². The largest absolute Gasteiger partial charge is 0.396 e. The van der Waals surface area contributed by atoms with Gasteiger partial charge in [-0.05, 0) is 43.0 Å². The van der Waals surface area contributed by atoms with Gasteiger partial charge in [-0.25, -0.2) is 0 Å². The lowest BCUT2D eigenvalue weighted by atomic mass is 9.89. The molecule has 2 aliphatic rings. The van der Waals surface area contributed by atoms with E-state index in [9.17, 15) is 5.11 Å². The second-order valence-corrected chi connectivity index (χ2v) is 7.48. The van der Waals surface area contributed by atoms with Gasteiger partial charge in [-0.15, -0.1) is 0 Å². The summed E-state index contributed by atoms with van der Waals surface area (Å²) >= 11 is 1.77. The van der Waals surface area contributed by atoms with Crippen LogP contribution in [0.15, 0.2) is 16.8 Å². The van der Waals surface area contributed by atoms with Gasteiger partial charge in [-0.2, -0.15) is 11.3 Å². The van der Waals surface area contributed by atoms with Gasteiger partial charge in [0.05, 0.1) is 0 Å². The van der Waals surface area contributed by atoms with Gasteiger partial charge in [0.15, 0.2) is 0 Å². The third-order valence-corrected chi connectivity index (χ3v) is 5.69. The summed E-state index contributed by atoms with van der Waals surface area (Å²) in [5, 5.41) is 17.6. The first kappa shape index (κ1) is 15.3. The molecule has 1 saturated carbocycles. The van der Waals surface area contributed by atoms with E-state index < -0.39 is 0 Å². The van der Waals surface area contributed by atoms with Gasteiger partial charge in [0.1, 0.15) is 0 Å². The number of rotatable bonds is 5. The van der Waals surface area contributed by atoms with E-state index in [1.54, 1.807) is 11.3 Å². The first-order chi connectivity index (χ1) is 10.3. The van der Waals surface area contributed by atoms with Gasteiger partial charge in [-0.1, -0.05) is 19.3 Å². The molecule has 118 valence electrons. The quantitative estimate of drug-likeness (QED) is 0.876. The Kier molecular flexibility index (Phi) is 5.55. The molecule has 1 aliphatic carbocycles. The van der Waals surface area contributed by atoms with Crippen molar-refractivity contribution in [3.05, 3.63) is 16.8 Å². The van der Waals surface area contributed by atoms with Crippen LogP contribution in [0, 0.1) is 5.92 Å². The maximum absolute atomic E-state index is 9.31. The molecule has 3 rings (SSSR count). The molecule has 1 aromatic heterocycles. The topological polar surface area (TPSA) is 35.5 Å². The van der Waals surface area contributed by atoms with Crippen molar-refractivity contribution in [2.24, 2.45) is 5.92 Å². The molecule has 0 radical (unpaired) electrons. The van der Waals surface area contributed by atoms with Crippen molar-refractivity contribution >= 4 is 17.0 Å². The zero-order valence-electron chi connectivity index (χ0n) is 12.8. The molecule has 0 spiro atoms. The summed E-state index contributed by atoms with van der Waals surface area (Å²) in [5.74, 6) is 0.616. The zero-order valence-corrected chi connectivity index (χ0v) is 13.7. The van der Waals surface area contributed by atoms with Gasteiger partial charge in [0, 0.05) is 42.8 Å². The Morgan fingerprint density at radius 1 is 1.19 bits per heavy atom. The molecule has 2 N–H and O–H groups in total. The van der Waals surface area contributed by atoms with Crippen LogP contribution in [0.4, 0.5) is 5.69 Å². The summed E-state index contributed by atoms with van der Waals surface area (Å²) in [7, 11) is 0. The summed E-state index contributed by atoms with van der Waals surface area (Å²) in [4.78, 5) is 2.51. The summed E-state index contributed by atoms with van der Waals surface area (Å²) in [6.45, 7) is 2.54. The minimum atomic E-state index is 0.318. The van der Waals surface area contributed by atoms with Crippen LogP contribution in [-0.2, 0) is 0 Å². The molecule has 2 heterocycles. The molecule has 0 bridgehead atoms. The van der Waals surface area contributed by atoms with E-state index in [-0.39, 0.29) is 0 Å². The monoisotopic (exact) mass is 308 g/mol. The van der Waals surface area contributed by atoms with Crippen LogP contribution in [0.2, 0.25) is 0 Å². The fourth-order valence-electron chi connectivity index (χ4n) is 3.97. The molecule has 0 aromatic carbocycles. The van der Waals surface area contributed by atoms with Gasteiger partial charge >= 0.3 is 0 Å². The van der Waals surface area contributed by atoms with E-state index in [4.69, 9.17) is 0 Å². The number of nitrogens with zero attached hydrogens (tertiary/aromatic N) is 1. The van der Waals surface area contributed by atoms with Crippen molar-refractivity contribution in [2.45, 2.75) is 57.0 Å². The Labute approximate surface area is 132 Å². The Bertz CT molecular complexity index is 403. The number of nitrogens with one attached hydrogen (secondary N) is 1. The van der Waals surface area contributed by atoms with Crippen LogP contribution in [-0.4, -0.2) is 36.9 Å². The smallest absolute Gasteiger partial charge is 0.0475 e. The fraction of sp³-hybridized carbons (Fsp3) is 0.765. The van der Waals surface area contributed by atoms with Gasteiger partial charge in [-0.3, -0.25) is 0 Å². The van der Waals surface area contributed by atoms with Crippen LogP contribution >= 0.6 is 11.3 Å². The van der Waals surface area contributed by atoms with E-state index in [1.165, 1.54) is 44.2 Å². The number of hydrogen-bond acceptors (Lipinski definition) is 4. The van der Waals surface area contributed by atoms with Gasteiger partial charge in [0.2, 0.25) is 0 Å². The molecule has 3 nitrogen and oxygen atoms in total. The average molecular weight is 308 g/mol. The molecule has 21 heavy (non-hydrogen) atoms. The SMILES string of the molecule is OCCC1CC(NC2CCCCC2)CN(c2ccsc2)C1. The maximum Gasteiger partial charge on any atom is 0.0475 e. The second kappa shape index (κ2) is 7.61. The highest BCUT2D eigenvalue weighted by molar-refractivity contribution is 7.08. The van der Waals surface area contributed by atoms with E-state index in [1.807, 2.05) is 0 Å². The number of aliphatic hydroxyl groups excluding tert-OH is 1. The van der Waals surface area contributed by atoms with Crippen LogP contribution in [0.25, 0.3) is 0 Å². The number of thiophene rings is 1. The van der Waals surface area contributed by atoms with Crippen molar-refractivity contribution in [1.29, 1.82) is 0 Å². The van der Waals surface area contributed by atoms with E-state index in [0.717, 1.165) is 25.6 Å². The molecule has 0 amide bonds. The summed E-state index contributed by atoms with van der Waals surface area (Å²) in [6.07, 6.45) is 9.04. The van der Waals surface area contributed by atoms with Crippen LogP contribution < -0.4 is 10.2 Å². The van der Waals surface area contributed by atoms with Crippen LogP contribution in [0.1, 0.15) is 44.9 Å². The molecule has 2 fully saturated rings. The first-order valence-corrected chi connectivity index (χ1v) is 9.43. The molecule has 2 atom stereocenters. The Hall–Kier alpha value is -0.580. The second-order valence-electron chi connectivity index (χ2n) is 6.70. The third-order valence-electron chi connectivity index (χ3n) is 5.02. The summed E-state index contributed by atoms with van der Waals surface area (Å²) in [5.41, 5.74) is 1.36. The molecule has 1 saturated heterocycles. The lowest BCUT2D eigenvalue weighted by Crippen LogP contribution is -2.52. The third kappa shape index (κ3) is 4.21. The lowest BCUT2D eigenvalue weighted by Gasteiger charge is -2.41. The molecule has 2 unspecified atom stereocenters. The maximum atomic E-state index is 9.31. The van der Waals surface area contributed by atoms with Crippen LogP contribution in [0.5, 0.6) is 0 Å². The Balaban J connectivity index is 1.61. The molecular weight excluding hydrogens is 280 g/mol. The highest BCUT2D eigenvalue weighted by Crippen LogP contribution is 2.28. The van der Waals surface area contributed by atoms with Crippen molar-refractivity contribution in [3.63, 3.8) is 0 Å². The standard InChI is InChI=1S/C17H28N2OS/c20-8-6-14-10-16(18-15-4-2-1-3-5-15)12-19(11-14)17-7-9-21-13-17/h7,9,13-16,18,20H,1-6,8,10-12H2. The normalized spacial score (nSPS) is 28.0. The lowest BCUT2D eigenvalue weighted by molar-refractivity contribution is 0.219. The van der Waals surface area contributed by atoms with Crippen molar-refractivity contribution in [1.82, 2.24) is 5.32 Å². The first-order valence-electron chi connectivity index (χ1n) is 8.49. The number of anilines is 1. The van der Waals surface area contributed by atoms with E-state index in [0.29, 0.717) is 18.6 Å². The molecule has 1 aromatic rings. The number of aliphatic hydroxyl groups is 1. The van der Waals surface area contributed by atoms with Crippen molar-refractivity contribution < 1.29 is 5.11 Å². The van der Waals surface area contributed by atoms with E-state index in [2.05, 4.69) is 27.0 Å². The Morgan fingerprint density at radius 3 is 2.76 bits per heavy atom. The minimum absolute atomic E-state index is 0.318. The predicted octanol–water partition coefficient (Wildman–Crippen LogP) is 3.25. The highest BCUT2D eigenvalue weighted by atomic mass is 32.1. The summed E-state index contributed by atoms with van der Waals surface area (Å²) in [6, 6.07) is 3.53. The minimum Gasteiger partial charge on any atom is -0.396 e. The van der Waals surface area contributed by atoms with Gasteiger partial charge in [0.25, 0.3) is 0 Å². The molecule has 1 aliphatic heterocycles. The van der Waals surface area contributed by atoms with E-state index >= 15 is 0 Å². The van der Waals surface area contributed by atoms with Crippen molar-refractivity contribution in [2.75, 3.05) is 24.6 Å². The highest BCUT2D eigenvalue weighted by Gasteiger charge is 2.29. The Morgan fingerprint density at radius 2 is 2.05 bits per heavy atom. The zero-order chi connectivity index (χ0) is 14.5. The molecular formula is C17H28N2OS. The molecule has 4 heteroatoms. The fourth-order valence-corrected chi connectivity index (χ4v) is 4.63. The van der Waals surface area contributed by atoms with Crippen LogP contribution in [0.3, 0.4) is 0 Å². The average Bonchev–Trinajstić information content (AvgIpc) is 3.03. The number of piperidine rings is 1. The summed E-state index contributed by atoms with van der Waals surface area (Å²) < 4.78 is 0. The predicted molar refractivity (Wildman–Crippen MR) is 90.1 cm³/mol.